The van der Waals surface area contributed by atoms with Gasteiger partial charge in [0.2, 0.25) is 0 Å². The maximum Gasteiger partial charge on any atom is 0.274 e. The van der Waals surface area contributed by atoms with Crippen molar-refractivity contribution in [2.24, 2.45) is 7.05 Å². The van der Waals surface area contributed by atoms with E-state index in [0.717, 1.165) is 31.2 Å². The summed E-state index contributed by atoms with van der Waals surface area (Å²) in [7, 11) is 2.00. The third-order valence-electron chi connectivity index (χ3n) is 4.78. The Morgan fingerprint density at radius 1 is 1.42 bits per heavy atom. The zero-order valence-electron chi connectivity index (χ0n) is 14.9. The van der Waals surface area contributed by atoms with E-state index < -0.39 is 0 Å². The molecule has 1 saturated heterocycles. The number of likely N-dealkylation sites (N-methyl/N-ethyl adjacent to an activating group) is 1. The van der Waals surface area contributed by atoms with Crippen molar-refractivity contribution in [1.82, 2.24) is 29.5 Å². The van der Waals surface area contributed by atoms with Crippen molar-refractivity contribution in [3.05, 3.63) is 35.7 Å². The van der Waals surface area contributed by atoms with Gasteiger partial charge in [-0.15, -0.1) is 0 Å². The molecule has 1 fully saturated rings. The SMILES string of the molecule is CCN1CCN(C(=O)c2cc(C(C)C)[nH]n2)C[C@H]1c1nccn1C. The van der Waals surface area contributed by atoms with Gasteiger partial charge < -0.3 is 9.47 Å². The van der Waals surface area contributed by atoms with Crippen LogP contribution in [0.3, 0.4) is 0 Å². The molecular weight excluding hydrogens is 304 g/mol. The highest BCUT2D eigenvalue weighted by molar-refractivity contribution is 5.92. The molecule has 1 N–H and O–H groups in total. The minimum Gasteiger partial charge on any atom is -0.337 e. The molecule has 3 heterocycles. The Kier molecular flexibility index (Phi) is 4.71. The minimum atomic E-state index is -0.00638. The molecule has 1 aliphatic heterocycles. The predicted octanol–water partition coefficient (Wildman–Crippen LogP) is 1.79. The standard InChI is InChI=1S/C17H26N6O/c1-5-22-8-9-23(11-15(22)16-18-6-7-21(16)4)17(24)14-10-13(12(2)3)19-20-14/h6-7,10,12,15H,5,8-9,11H2,1-4H3,(H,19,20)/t15-/m0/s1. The number of imidazole rings is 1. The molecule has 0 radical (unpaired) electrons. The smallest absolute Gasteiger partial charge is 0.274 e. The Morgan fingerprint density at radius 2 is 2.21 bits per heavy atom. The molecule has 1 aliphatic rings. The lowest BCUT2D eigenvalue weighted by Gasteiger charge is -2.40. The zero-order chi connectivity index (χ0) is 17.3. The Bertz CT molecular complexity index is 704. The number of piperazine rings is 1. The Balaban J connectivity index is 1.79. The normalized spacial score (nSPS) is 19.2. The van der Waals surface area contributed by atoms with E-state index in [0.29, 0.717) is 18.2 Å². The first-order chi connectivity index (χ1) is 11.5. The number of aromatic amines is 1. The van der Waals surface area contributed by atoms with E-state index in [1.165, 1.54) is 0 Å². The number of nitrogens with one attached hydrogen (secondary N) is 1. The third kappa shape index (κ3) is 3.08. The molecule has 0 aliphatic carbocycles. The second-order valence-corrected chi connectivity index (χ2v) is 6.66. The van der Waals surface area contributed by atoms with Crippen molar-refractivity contribution in [2.75, 3.05) is 26.2 Å². The summed E-state index contributed by atoms with van der Waals surface area (Å²) in [4.78, 5) is 21.6. The average molecular weight is 330 g/mol. The van der Waals surface area contributed by atoms with E-state index in [-0.39, 0.29) is 11.9 Å². The van der Waals surface area contributed by atoms with Crippen LogP contribution in [-0.4, -0.2) is 61.6 Å². The third-order valence-corrected chi connectivity index (χ3v) is 4.78. The molecule has 0 unspecified atom stereocenters. The quantitative estimate of drug-likeness (QED) is 0.928. The second kappa shape index (κ2) is 6.76. The summed E-state index contributed by atoms with van der Waals surface area (Å²) in [6, 6.07) is 1.99. The van der Waals surface area contributed by atoms with Crippen molar-refractivity contribution in [1.29, 1.82) is 0 Å². The number of carbonyl (C=O) groups is 1. The molecule has 7 nitrogen and oxygen atoms in total. The van der Waals surface area contributed by atoms with Crippen molar-refractivity contribution < 1.29 is 4.79 Å². The molecule has 0 aromatic carbocycles. The lowest BCUT2D eigenvalue weighted by atomic mass is 10.1. The van der Waals surface area contributed by atoms with E-state index in [2.05, 4.69) is 40.9 Å². The fourth-order valence-electron chi connectivity index (χ4n) is 3.23. The van der Waals surface area contributed by atoms with E-state index >= 15 is 0 Å². The lowest BCUT2D eigenvalue weighted by molar-refractivity contribution is 0.0467. The molecule has 1 atom stereocenters. The molecule has 2 aromatic rings. The molecule has 3 rings (SSSR count). The van der Waals surface area contributed by atoms with Crippen LogP contribution in [0, 0.1) is 0 Å². The number of hydrogen-bond donors (Lipinski definition) is 1. The number of aryl methyl sites for hydroxylation is 1. The molecule has 0 saturated carbocycles. The number of aromatic nitrogens is 4. The van der Waals surface area contributed by atoms with Gasteiger partial charge in [-0.2, -0.15) is 5.10 Å². The molecular formula is C17H26N6O. The van der Waals surface area contributed by atoms with Crippen LogP contribution in [0.1, 0.15) is 54.7 Å². The predicted molar refractivity (Wildman–Crippen MR) is 91.8 cm³/mol. The van der Waals surface area contributed by atoms with E-state index in [1.54, 1.807) is 0 Å². The fourth-order valence-corrected chi connectivity index (χ4v) is 3.23. The van der Waals surface area contributed by atoms with Gasteiger partial charge in [0.1, 0.15) is 11.5 Å². The van der Waals surface area contributed by atoms with Crippen LogP contribution in [0.25, 0.3) is 0 Å². The van der Waals surface area contributed by atoms with Crippen molar-refractivity contribution >= 4 is 5.91 Å². The summed E-state index contributed by atoms with van der Waals surface area (Å²) in [6.45, 7) is 9.47. The van der Waals surface area contributed by atoms with Gasteiger partial charge >= 0.3 is 0 Å². The first-order valence-corrected chi connectivity index (χ1v) is 8.57. The summed E-state index contributed by atoms with van der Waals surface area (Å²) in [5.74, 6) is 1.32. The van der Waals surface area contributed by atoms with E-state index in [9.17, 15) is 4.79 Å². The van der Waals surface area contributed by atoms with Crippen molar-refractivity contribution in [3.8, 4) is 0 Å². The summed E-state index contributed by atoms with van der Waals surface area (Å²) in [6.07, 6.45) is 3.76. The molecule has 0 bridgehead atoms. The second-order valence-electron chi connectivity index (χ2n) is 6.66. The van der Waals surface area contributed by atoms with E-state index in [4.69, 9.17) is 0 Å². The molecule has 0 spiro atoms. The van der Waals surface area contributed by atoms with Gasteiger partial charge in [0.25, 0.3) is 5.91 Å². The largest absolute Gasteiger partial charge is 0.337 e. The van der Waals surface area contributed by atoms with Crippen LogP contribution in [0.2, 0.25) is 0 Å². The summed E-state index contributed by atoms with van der Waals surface area (Å²) in [5.41, 5.74) is 1.49. The monoisotopic (exact) mass is 330 g/mol. The maximum absolute atomic E-state index is 12.8. The van der Waals surface area contributed by atoms with Gasteiger partial charge in [-0.1, -0.05) is 20.8 Å². The van der Waals surface area contributed by atoms with Crippen LogP contribution < -0.4 is 0 Å². The molecule has 130 valence electrons. The van der Waals surface area contributed by atoms with Crippen LogP contribution >= 0.6 is 0 Å². The number of rotatable bonds is 4. The highest BCUT2D eigenvalue weighted by Crippen LogP contribution is 2.25. The minimum absolute atomic E-state index is 0.00638. The van der Waals surface area contributed by atoms with Crippen molar-refractivity contribution in [3.63, 3.8) is 0 Å². The maximum atomic E-state index is 12.8. The van der Waals surface area contributed by atoms with Gasteiger partial charge in [0.15, 0.2) is 0 Å². The fraction of sp³-hybridized carbons (Fsp3) is 0.588. The van der Waals surface area contributed by atoms with Gasteiger partial charge in [0, 0.05) is 44.8 Å². The van der Waals surface area contributed by atoms with Crippen LogP contribution in [0.4, 0.5) is 0 Å². The van der Waals surface area contributed by atoms with Gasteiger partial charge in [-0.25, -0.2) is 4.98 Å². The zero-order valence-corrected chi connectivity index (χ0v) is 14.9. The molecule has 2 aromatic heterocycles. The number of carbonyl (C=O) groups excluding carboxylic acids is 1. The van der Waals surface area contributed by atoms with Crippen LogP contribution in [0.5, 0.6) is 0 Å². The number of hydrogen-bond acceptors (Lipinski definition) is 4. The summed E-state index contributed by atoms with van der Waals surface area (Å²) < 4.78 is 2.03. The highest BCUT2D eigenvalue weighted by atomic mass is 16.2. The van der Waals surface area contributed by atoms with Crippen LogP contribution in [0.15, 0.2) is 18.5 Å². The Labute approximate surface area is 142 Å². The summed E-state index contributed by atoms with van der Waals surface area (Å²) >= 11 is 0. The lowest BCUT2D eigenvalue weighted by Crippen LogP contribution is -2.51. The Hall–Kier alpha value is -2.15. The van der Waals surface area contributed by atoms with Crippen LogP contribution in [-0.2, 0) is 7.05 Å². The number of nitrogens with zero attached hydrogens (tertiary/aromatic N) is 5. The highest BCUT2D eigenvalue weighted by Gasteiger charge is 2.33. The molecule has 7 heteroatoms. The van der Waals surface area contributed by atoms with Gasteiger partial charge in [-0.05, 0) is 18.5 Å². The average Bonchev–Trinajstić information content (AvgIpc) is 3.22. The Morgan fingerprint density at radius 3 is 2.79 bits per heavy atom. The number of H-pyrrole nitrogens is 1. The summed E-state index contributed by atoms with van der Waals surface area (Å²) in [5, 5.41) is 7.18. The number of amides is 1. The first-order valence-electron chi connectivity index (χ1n) is 8.57. The molecule has 1 amide bonds. The first kappa shape index (κ1) is 16.7. The van der Waals surface area contributed by atoms with Crippen molar-refractivity contribution in [2.45, 2.75) is 32.7 Å². The topological polar surface area (TPSA) is 70.1 Å². The van der Waals surface area contributed by atoms with E-state index in [1.807, 2.05) is 35.0 Å². The van der Waals surface area contributed by atoms with Gasteiger partial charge in [0.05, 0.1) is 6.04 Å². The van der Waals surface area contributed by atoms with Gasteiger partial charge in [-0.3, -0.25) is 14.8 Å². The molecule has 24 heavy (non-hydrogen) atoms.